The van der Waals surface area contributed by atoms with Crippen LogP contribution >= 0.6 is 11.6 Å². The number of amides is 1. The number of carbonyl (C=O) groups excluding carboxylic acids is 1. The molecule has 0 spiro atoms. The minimum absolute atomic E-state index is 0.181. The molecule has 0 saturated heterocycles. The maximum absolute atomic E-state index is 12.3. The van der Waals surface area contributed by atoms with Crippen LogP contribution in [0, 0.1) is 25.2 Å². The van der Waals surface area contributed by atoms with Gasteiger partial charge in [-0.15, -0.1) is 0 Å². The minimum atomic E-state index is -0.346. The van der Waals surface area contributed by atoms with Crippen molar-refractivity contribution in [3.8, 4) is 11.8 Å². The summed E-state index contributed by atoms with van der Waals surface area (Å²) in [6.07, 6.45) is 1.40. The lowest BCUT2D eigenvalue weighted by Gasteiger charge is -2.12. The third-order valence-corrected chi connectivity index (χ3v) is 3.71. The van der Waals surface area contributed by atoms with Gasteiger partial charge in [0.1, 0.15) is 0 Å². The van der Waals surface area contributed by atoms with Gasteiger partial charge in [-0.1, -0.05) is 11.6 Å². The molecule has 23 heavy (non-hydrogen) atoms. The molecule has 1 amide bonds. The second kappa shape index (κ2) is 7.12. The zero-order chi connectivity index (χ0) is 17.0. The molecule has 0 saturated carbocycles. The first-order valence-corrected chi connectivity index (χ1v) is 7.32. The van der Waals surface area contributed by atoms with E-state index < -0.39 is 0 Å². The number of nitrogens with one attached hydrogen (secondary N) is 1. The number of ether oxygens (including phenoxy) is 1. The lowest BCUT2D eigenvalue weighted by molar-refractivity contribution is 0.0942. The lowest BCUT2D eigenvalue weighted by atomic mass is 9.99. The molecule has 1 aromatic heterocycles. The van der Waals surface area contributed by atoms with Crippen LogP contribution in [0.5, 0.6) is 5.75 Å². The lowest BCUT2D eigenvalue weighted by Crippen LogP contribution is -2.25. The van der Waals surface area contributed by atoms with Gasteiger partial charge in [0.05, 0.1) is 23.8 Å². The number of hydrogen-bond acceptors (Lipinski definition) is 4. The average molecular weight is 330 g/mol. The summed E-state index contributed by atoms with van der Waals surface area (Å²) in [4.78, 5) is 16.3. The van der Waals surface area contributed by atoms with Crippen LogP contribution < -0.4 is 10.1 Å². The number of pyridine rings is 1. The van der Waals surface area contributed by atoms with E-state index in [4.69, 9.17) is 21.6 Å². The highest BCUT2D eigenvalue weighted by molar-refractivity contribution is 6.30. The molecule has 6 heteroatoms. The quantitative estimate of drug-likeness (QED) is 0.934. The Kier molecular flexibility index (Phi) is 5.20. The van der Waals surface area contributed by atoms with Crippen LogP contribution in [0.15, 0.2) is 24.4 Å². The fourth-order valence-electron chi connectivity index (χ4n) is 2.34. The van der Waals surface area contributed by atoms with Crippen LogP contribution in [0.3, 0.4) is 0 Å². The highest BCUT2D eigenvalue weighted by Gasteiger charge is 2.15. The number of aryl methyl sites for hydroxylation is 2. The standard InChI is InChI=1S/C17H16ClN3O2/c1-10-4-12(7-19)5-11(2)14(10)9-21-17(22)16-15(23-3)6-13(18)8-20-16/h4-6,8H,9H2,1-3H3,(H,21,22). The Morgan fingerprint density at radius 1 is 1.35 bits per heavy atom. The first-order valence-electron chi connectivity index (χ1n) is 6.94. The van der Waals surface area contributed by atoms with Gasteiger partial charge in [0.25, 0.3) is 5.91 Å². The summed E-state index contributed by atoms with van der Waals surface area (Å²) in [5.74, 6) is -0.0232. The van der Waals surface area contributed by atoms with Gasteiger partial charge in [-0.05, 0) is 42.7 Å². The molecule has 0 bridgehead atoms. The summed E-state index contributed by atoms with van der Waals surface area (Å²) in [5.41, 5.74) is 3.68. The van der Waals surface area contributed by atoms with Crippen LogP contribution in [-0.2, 0) is 6.54 Å². The molecule has 2 rings (SSSR count). The number of hydrogen-bond donors (Lipinski definition) is 1. The number of carbonyl (C=O) groups is 1. The second-order valence-corrected chi connectivity index (χ2v) is 5.52. The van der Waals surface area contributed by atoms with Gasteiger partial charge in [-0.3, -0.25) is 4.79 Å². The SMILES string of the molecule is COc1cc(Cl)cnc1C(=O)NCc1c(C)cc(C#N)cc1C. The number of rotatable bonds is 4. The van der Waals surface area contributed by atoms with E-state index in [1.165, 1.54) is 13.3 Å². The number of methoxy groups -OCH3 is 1. The van der Waals surface area contributed by atoms with Crippen molar-refractivity contribution in [2.24, 2.45) is 0 Å². The average Bonchev–Trinajstić information content (AvgIpc) is 2.53. The first-order chi connectivity index (χ1) is 11.0. The molecule has 0 aliphatic carbocycles. The Morgan fingerprint density at radius 2 is 2.00 bits per heavy atom. The Hall–Kier alpha value is -2.58. The van der Waals surface area contributed by atoms with Crippen LogP contribution in [0.1, 0.15) is 32.7 Å². The summed E-state index contributed by atoms with van der Waals surface area (Å²) in [7, 11) is 1.46. The van der Waals surface area contributed by atoms with Crippen molar-refractivity contribution in [1.82, 2.24) is 10.3 Å². The zero-order valence-corrected chi connectivity index (χ0v) is 13.9. The van der Waals surface area contributed by atoms with Gasteiger partial charge < -0.3 is 10.1 Å². The second-order valence-electron chi connectivity index (χ2n) is 5.09. The first kappa shape index (κ1) is 16.8. The number of aromatic nitrogens is 1. The summed E-state index contributed by atoms with van der Waals surface area (Å²) in [6.45, 7) is 4.17. The van der Waals surface area contributed by atoms with Gasteiger partial charge in [-0.2, -0.15) is 5.26 Å². The number of nitrogens with zero attached hydrogens (tertiary/aromatic N) is 2. The van der Waals surface area contributed by atoms with Gasteiger partial charge >= 0.3 is 0 Å². The normalized spacial score (nSPS) is 10.0. The van der Waals surface area contributed by atoms with E-state index in [1.54, 1.807) is 18.2 Å². The van der Waals surface area contributed by atoms with E-state index in [9.17, 15) is 4.79 Å². The molecule has 0 aliphatic heterocycles. The Morgan fingerprint density at radius 3 is 2.57 bits per heavy atom. The third-order valence-electron chi connectivity index (χ3n) is 3.51. The highest BCUT2D eigenvalue weighted by Crippen LogP contribution is 2.21. The smallest absolute Gasteiger partial charge is 0.274 e. The van der Waals surface area contributed by atoms with E-state index in [2.05, 4.69) is 16.4 Å². The van der Waals surface area contributed by atoms with E-state index in [0.29, 0.717) is 22.9 Å². The number of halogens is 1. The van der Waals surface area contributed by atoms with Crippen LogP contribution in [0.25, 0.3) is 0 Å². The van der Waals surface area contributed by atoms with Crippen molar-refractivity contribution >= 4 is 17.5 Å². The molecule has 0 fully saturated rings. The molecule has 1 N–H and O–H groups in total. The molecule has 1 aromatic carbocycles. The topological polar surface area (TPSA) is 75.0 Å². The van der Waals surface area contributed by atoms with Crippen molar-refractivity contribution in [2.75, 3.05) is 7.11 Å². The molecule has 2 aromatic rings. The monoisotopic (exact) mass is 329 g/mol. The minimum Gasteiger partial charge on any atom is -0.494 e. The molecule has 0 aliphatic rings. The molecule has 0 unspecified atom stereocenters. The maximum Gasteiger partial charge on any atom is 0.274 e. The molecule has 5 nitrogen and oxygen atoms in total. The molecule has 0 atom stereocenters. The summed E-state index contributed by atoms with van der Waals surface area (Å²) >= 11 is 5.84. The van der Waals surface area contributed by atoms with Crippen molar-refractivity contribution in [3.63, 3.8) is 0 Å². The van der Waals surface area contributed by atoms with E-state index in [-0.39, 0.29) is 11.6 Å². The van der Waals surface area contributed by atoms with E-state index >= 15 is 0 Å². The Bertz CT molecular complexity index is 774. The van der Waals surface area contributed by atoms with Crippen molar-refractivity contribution < 1.29 is 9.53 Å². The fourth-order valence-corrected chi connectivity index (χ4v) is 2.48. The summed E-state index contributed by atoms with van der Waals surface area (Å²) < 4.78 is 5.13. The van der Waals surface area contributed by atoms with Crippen molar-refractivity contribution in [1.29, 1.82) is 5.26 Å². The molecule has 1 heterocycles. The van der Waals surface area contributed by atoms with Crippen LogP contribution in [0.2, 0.25) is 5.02 Å². The maximum atomic E-state index is 12.3. The third kappa shape index (κ3) is 3.79. The van der Waals surface area contributed by atoms with E-state index in [0.717, 1.165) is 16.7 Å². The molecule has 0 radical (unpaired) electrons. The van der Waals surface area contributed by atoms with Gasteiger partial charge in [-0.25, -0.2) is 4.98 Å². The zero-order valence-electron chi connectivity index (χ0n) is 13.1. The highest BCUT2D eigenvalue weighted by atomic mass is 35.5. The number of nitriles is 1. The summed E-state index contributed by atoms with van der Waals surface area (Å²) in [5, 5.41) is 12.2. The molecular weight excluding hydrogens is 314 g/mol. The Balaban J connectivity index is 2.19. The van der Waals surface area contributed by atoms with Crippen LogP contribution in [0.4, 0.5) is 0 Å². The van der Waals surface area contributed by atoms with Gasteiger partial charge in [0.2, 0.25) is 0 Å². The fraction of sp³-hybridized carbons (Fsp3) is 0.235. The molecular formula is C17H16ClN3O2. The Labute approximate surface area is 139 Å². The van der Waals surface area contributed by atoms with Crippen molar-refractivity contribution in [2.45, 2.75) is 20.4 Å². The molecule has 118 valence electrons. The number of benzene rings is 1. The van der Waals surface area contributed by atoms with Crippen molar-refractivity contribution in [3.05, 3.63) is 57.4 Å². The largest absolute Gasteiger partial charge is 0.494 e. The predicted octanol–water partition coefficient (Wildman–Crippen LogP) is 3.16. The predicted molar refractivity (Wildman–Crippen MR) is 87.6 cm³/mol. The van der Waals surface area contributed by atoms with Gasteiger partial charge in [0, 0.05) is 18.8 Å². The van der Waals surface area contributed by atoms with Gasteiger partial charge in [0.15, 0.2) is 11.4 Å². The van der Waals surface area contributed by atoms with E-state index in [1.807, 2.05) is 13.8 Å². The summed E-state index contributed by atoms with van der Waals surface area (Å²) in [6, 6.07) is 7.27. The van der Waals surface area contributed by atoms with Crippen LogP contribution in [-0.4, -0.2) is 18.0 Å².